The lowest BCUT2D eigenvalue weighted by Gasteiger charge is -2.41. The smallest absolute Gasteiger partial charge is 0.319 e. The first-order valence-corrected chi connectivity index (χ1v) is 6.23. The fourth-order valence-electron chi connectivity index (χ4n) is 2.50. The maximum Gasteiger partial charge on any atom is 0.319 e. The summed E-state index contributed by atoms with van der Waals surface area (Å²) >= 11 is 0. The lowest BCUT2D eigenvalue weighted by Crippen LogP contribution is -2.53. The third-order valence-electron chi connectivity index (χ3n) is 3.64. The largest absolute Gasteiger partial charge is 0.481 e. The molecule has 0 radical (unpaired) electrons. The number of carboxylic acids is 1. The fraction of sp³-hybridized carbons (Fsp3) is 0.833. The van der Waals surface area contributed by atoms with Crippen LogP contribution in [0.3, 0.4) is 0 Å². The molecule has 0 aliphatic carbocycles. The molecule has 1 atom stereocenters. The van der Waals surface area contributed by atoms with Crippen LogP contribution < -0.4 is 0 Å². The molecule has 1 unspecified atom stereocenters. The normalized spacial score (nSPS) is 20.3. The zero-order valence-electron chi connectivity index (χ0n) is 11.2. The summed E-state index contributed by atoms with van der Waals surface area (Å²) in [5.41, 5.74) is -1.19. The molecule has 1 aliphatic rings. The van der Waals surface area contributed by atoms with Gasteiger partial charge in [-0.1, -0.05) is 6.92 Å². The zero-order valence-corrected chi connectivity index (χ0v) is 11.2. The number of urea groups is 1. The van der Waals surface area contributed by atoms with Crippen LogP contribution in [0, 0.1) is 5.92 Å². The van der Waals surface area contributed by atoms with Crippen molar-refractivity contribution < 1.29 is 19.8 Å². The van der Waals surface area contributed by atoms with Crippen molar-refractivity contribution in [3.8, 4) is 0 Å². The maximum atomic E-state index is 11.7. The van der Waals surface area contributed by atoms with Crippen LogP contribution in [0.1, 0.15) is 26.2 Å². The van der Waals surface area contributed by atoms with E-state index in [1.165, 1.54) is 4.90 Å². The van der Waals surface area contributed by atoms with Crippen molar-refractivity contribution in [3.05, 3.63) is 0 Å². The molecule has 6 heteroatoms. The van der Waals surface area contributed by atoms with Crippen molar-refractivity contribution >= 4 is 12.0 Å². The number of aliphatic hydroxyl groups is 1. The number of likely N-dealkylation sites (tertiary alicyclic amines) is 1. The third-order valence-corrected chi connectivity index (χ3v) is 3.64. The SMILES string of the molecule is CCC(C(=O)O)C1(O)CCN(C(=O)N(C)C)CC1. The molecule has 104 valence electrons. The first-order chi connectivity index (χ1) is 8.31. The molecule has 1 heterocycles. The van der Waals surface area contributed by atoms with Crippen LogP contribution in [0.15, 0.2) is 0 Å². The molecule has 18 heavy (non-hydrogen) atoms. The molecular weight excluding hydrogens is 236 g/mol. The molecule has 0 aromatic rings. The van der Waals surface area contributed by atoms with E-state index in [1.54, 1.807) is 25.9 Å². The van der Waals surface area contributed by atoms with E-state index in [-0.39, 0.29) is 6.03 Å². The van der Waals surface area contributed by atoms with E-state index in [1.807, 2.05) is 0 Å². The highest BCUT2D eigenvalue weighted by Crippen LogP contribution is 2.32. The van der Waals surface area contributed by atoms with Gasteiger partial charge in [-0.2, -0.15) is 0 Å². The Labute approximate surface area is 107 Å². The molecule has 1 aliphatic heterocycles. The summed E-state index contributed by atoms with van der Waals surface area (Å²) in [6, 6.07) is -0.0968. The van der Waals surface area contributed by atoms with Crippen LogP contribution in [0.25, 0.3) is 0 Å². The molecule has 1 fully saturated rings. The lowest BCUT2D eigenvalue weighted by atomic mass is 9.78. The van der Waals surface area contributed by atoms with Gasteiger partial charge in [0.05, 0.1) is 11.5 Å². The predicted octanol–water partition coefficient (Wildman–Crippen LogP) is 0.606. The summed E-state index contributed by atoms with van der Waals surface area (Å²) in [5, 5.41) is 19.5. The highest BCUT2D eigenvalue weighted by atomic mass is 16.4. The predicted molar refractivity (Wildman–Crippen MR) is 66.3 cm³/mol. The highest BCUT2D eigenvalue weighted by molar-refractivity contribution is 5.74. The van der Waals surface area contributed by atoms with Crippen molar-refractivity contribution in [2.75, 3.05) is 27.2 Å². The Morgan fingerprint density at radius 3 is 2.17 bits per heavy atom. The number of amides is 2. The second kappa shape index (κ2) is 5.56. The summed E-state index contributed by atoms with van der Waals surface area (Å²) in [5.74, 6) is -1.72. The summed E-state index contributed by atoms with van der Waals surface area (Å²) in [6.07, 6.45) is 1.03. The van der Waals surface area contributed by atoms with Crippen LogP contribution >= 0.6 is 0 Å². The van der Waals surface area contributed by atoms with Gasteiger partial charge in [0.15, 0.2) is 0 Å². The molecule has 0 saturated carbocycles. The minimum absolute atomic E-state index is 0.0968. The van der Waals surface area contributed by atoms with Crippen LogP contribution in [0.2, 0.25) is 0 Å². The van der Waals surface area contributed by atoms with Gasteiger partial charge in [0.2, 0.25) is 0 Å². The van der Waals surface area contributed by atoms with Crippen LogP contribution in [-0.4, -0.2) is 64.8 Å². The van der Waals surface area contributed by atoms with E-state index in [9.17, 15) is 14.7 Å². The Balaban J connectivity index is 2.67. The molecule has 1 rings (SSSR count). The molecule has 0 aromatic carbocycles. The number of hydrogen-bond donors (Lipinski definition) is 2. The molecule has 0 spiro atoms. The number of carboxylic acid groups (broad SMARTS) is 1. The fourth-order valence-corrected chi connectivity index (χ4v) is 2.50. The summed E-state index contributed by atoms with van der Waals surface area (Å²) < 4.78 is 0. The van der Waals surface area contributed by atoms with Gasteiger partial charge in [-0.3, -0.25) is 4.79 Å². The number of nitrogens with zero attached hydrogens (tertiary/aromatic N) is 2. The number of carbonyl (C=O) groups excluding carboxylic acids is 1. The van der Waals surface area contributed by atoms with E-state index in [0.29, 0.717) is 32.4 Å². The van der Waals surface area contributed by atoms with Crippen molar-refractivity contribution in [2.24, 2.45) is 5.92 Å². The van der Waals surface area contributed by atoms with Gasteiger partial charge in [0.1, 0.15) is 0 Å². The van der Waals surface area contributed by atoms with E-state index >= 15 is 0 Å². The molecule has 0 bridgehead atoms. The number of aliphatic carboxylic acids is 1. The average molecular weight is 258 g/mol. The Morgan fingerprint density at radius 2 is 1.83 bits per heavy atom. The standard InChI is InChI=1S/C12H22N2O4/c1-4-9(10(15)16)12(18)5-7-14(8-6-12)11(17)13(2)3/h9,18H,4-8H2,1-3H3,(H,15,16). The Hall–Kier alpha value is -1.30. The van der Waals surface area contributed by atoms with Crippen molar-refractivity contribution in [1.29, 1.82) is 0 Å². The summed E-state index contributed by atoms with van der Waals surface area (Å²) in [6.45, 7) is 2.56. The molecule has 0 aromatic heterocycles. The van der Waals surface area contributed by atoms with Gasteiger partial charge in [-0.05, 0) is 19.3 Å². The van der Waals surface area contributed by atoms with Gasteiger partial charge in [0, 0.05) is 27.2 Å². The minimum Gasteiger partial charge on any atom is -0.481 e. The van der Waals surface area contributed by atoms with Crippen molar-refractivity contribution in [1.82, 2.24) is 9.80 Å². The molecular formula is C12H22N2O4. The Morgan fingerprint density at radius 1 is 1.33 bits per heavy atom. The van der Waals surface area contributed by atoms with Crippen molar-refractivity contribution in [3.63, 3.8) is 0 Å². The Kier molecular flexibility index (Phi) is 4.56. The topological polar surface area (TPSA) is 81.1 Å². The van der Waals surface area contributed by atoms with Crippen LogP contribution in [0.4, 0.5) is 4.79 Å². The number of rotatable bonds is 3. The second-order valence-corrected chi connectivity index (χ2v) is 5.07. The van der Waals surface area contributed by atoms with E-state index in [2.05, 4.69) is 0 Å². The maximum absolute atomic E-state index is 11.7. The molecule has 2 amide bonds. The third kappa shape index (κ3) is 2.93. The zero-order chi connectivity index (χ0) is 13.9. The summed E-state index contributed by atoms with van der Waals surface area (Å²) in [7, 11) is 3.35. The van der Waals surface area contributed by atoms with Crippen molar-refractivity contribution in [2.45, 2.75) is 31.8 Å². The quantitative estimate of drug-likeness (QED) is 0.777. The van der Waals surface area contributed by atoms with E-state index in [0.717, 1.165) is 0 Å². The van der Waals surface area contributed by atoms with E-state index in [4.69, 9.17) is 5.11 Å². The molecule has 1 saturated heterocycles. The summed E-state index contributed by atoms with van der Waals surface area (Å²) in [4.78, 5) is 26.0. The monoisotopic (exact) mass is 258 g/mol. The first-order valence-electron chi connectivity index (χ1n) is 6.23. The van der Waals surface area contributed by atoms with Gasteiger partial charge >= 0.3 is 12.0 Å². The number of hydrogen-bond acceptors (Lipinski definition) is 3. The molecule has 6 nitrogen and oxygen atoms in total. The van der Waals surface area contributed by atoms with Gasteiger partial charge in [0.25, 0.3) is 0 Å². The van der Waals surface area contributed by atoms with Gasteiger partial charge in [-0.25, -0.2) is 4.79 Å². The van der Waals surface area contributed by atoms with Gasteiger partial charge < -0.3 is 20.0 Å². The van der Waals surface area contributed by atoms with Crippen LogP contribution in [-0.2, 0) is 4.79 Å². The minimum atomic E-state index is -1.19. The van der Waals surface area contributed by atoms with Gasteiger partial charge in [-0.15, -0.1) is 0 Å². The first kappa shape index (κ1) is 14.8. The second-order valence-electron chi connectivity index (χ2n) is 5.07. The molecule has 2 N–H and O–H groups in total. The van der Waals surface area contributed by atoms with Crippen LogP contribution in [0.5, 0.6) is 0 Å². The number of piperidine rings is 1. The highest BCUT2D eigenvalue weighted by Gasteiger charge is 2.43. The average Bonchev–Trinajstić information content (AvgIpc) is 2.29. The van der Waals surface area contributed by atoms with E-state index < -0.39 is 17.5 Å². The Bertz CT molecular complexity index is 322. The number of carbonyl (C=O) groups is 2. The lowest BCUT2D eigenvalue weighted by molar-refractivity contribution is -0.155.